The van der Waals surface area contributed by atoms with Gasteiger partial charge in [-0.15, -0.1) is 0 Å². The number of nitrogens with two attached hydrogens (primary N) is 1. The van der Waals surface area contributed by atoms with E-state index in [-0.39, 0.29) is 29.5 Å². The van der Waals surface area contributed by atoms with E-state index >= 15 is 0 Å². The third-order valence-electron chi connectivity index (χ3n) is 6.54. The highest BCUT2D eigenvalue weighted by atomic mass is 16.2. The van der Waals surface area contributed by atoms with Crippen LogP contribution in [0.15, 0.2) is 35.5 Å². The number of amides is 2. The molecule has 1 aromatic rings. The number of fused-ring (bicyclic) bond motifs is 1. The topological polar surface area (TPSA) is 96.6 Å². The Bertz CT molecular complexity index is 885. The molecule has 0 aliphatic heterocycles. The van der Waals surface area contributed by atoms with Gasteiger partial charge in [-0.2, -0.15) is 0 Å². The van der Waals surface area contributed by atoms with Gasteiger partial charge in [0.15, 0.2) is 0 Å². The first-order chi connectivity index (χ1) is 15.0. The van der Waals surface area contributed by atoms with Crippen LogP contribution in [-0.2, 0) is 22.4 Å². The van der Waals surface area contributed by atoms with Crippen LogP contribution in [-0.4, -0.2) is 29.6 Å². The van der Waals surface area contributed by atoms with Crippen LogP contribution in [0.1, 0.15) is 57.1 Å². The Balaban J connectivity index is 1.55. The highest BCUT2D eigenvalue weighted by Gasteiger charge is 2.48. The molecular weight excluding hydrogens is 388 g/mol. The van der Waals surface area contributed by atoms with Crippen molar-refractivity contribution in [2.45, 2.75) is 70.9 Å². The Morgan fingerprint density at radius 2 is 1.77 bits per heavy atom. The van der Waals surface area contributed by atoms with E-state index in [9.17, 15) is 9.59 Å². The Morgan fingerprint density at radius 1 is 1.10 bits per heavy atom. The summed E-state index contributed by atoms with van der Waals surface area (Å²) in [5.41, 5.74) is 9.30. The summed E-state index contributed by atoms with van der Waals surface area (Å²) in [6.45, 7) is 3.82. The lowest BCUT2D eigenvalue weighted by Gasteiger charge is -2.27. The monoisotopic (exact) mass is 422 g/mol. The van der Waals surface area contributed by atoms with Crippen molar-refractivity contribution in [2.24, 2.45) is 28.5 Å². The smallest absolute Gasteiger partial charge is 0.270 e. The summed E-state index contributed by atoms with van der Waals surface area (Å²) in [7, 11) is 0. The normalized spacial score (nSPS) is 19.7. The molecule has 3 aliphatic rings. The average Bonchev–Trinajstić information content (AvgIpc) is 3.66. The second kappa shape index (κ2) is 9.25. The summed E-state index contributed by atoms with van der Waals surface area (Å²) in [6.07, 6.45) is 10.7. The van der Waals surface area contributed by atoms with Crippen LogP contribution in [0.2, 0.25) is 0 Å². The van der Waals surface area contributed by atoms with Crippen molar-refractivity contribution in [2.75, 3.05) is 5.32 Å². The zero-order valence-electron chi connectivity index (χ0n) is 18.6. The molecular formula is C25H34N4O2. The fourth-order valence-electron chi connectivity index (χ4n) is 4.86. The number of hydrogen-bond donors (Lipinski definition) is 3. The van der Waals surface area contributed by atoms with Crippen molar-refractivity contribution >= 4 is 23.2 Å². The van der Waals surface area contributed by atoms with Crippen LogP contribution in [0, 0.1) is 17.8 Å². The van der Waals surface area contributed by atoms with Crippen molar-refractivity contribution in [3.63, 3.8) is 0 Å². The lowest BCUT2D eigenvalue weighted by molar-refractivity contribution is -0.124. The van der Waals surface area contributed by atoms with E-state index in [1.54, 1.807) is 0 Å². The highest BCUT2D eigenvalue weighted by Crippen LogP contribution is 2.50. The van der Waals surface area contributed by atoms with E-state index in [1.165, 1.54) is 29.8 Å². The zero-order valence-corrected chi connectivity index (χ0v) is 18.6. The van der Waals surface area contributed by atoms with Crippen LogP contribution < -0.4 is 16.4 Å². The summed E-state index contributed by atoms with van der Waals surface area (Å²) in [5.74, 6) is 0.741. The Hall–Kier alpha value is -2.63. The summed E-state index contributed by atoms with van der Waals surface area (Å²) < 4.78 is 0. The van der Waals surface area contributed by atoms with Gasteiger partial charge in [0, 0.05) is 11.7 Å². The molecule has 0 spiro atoms. The number of nitrogens with one attached hydrogen (secondary N) is 2. The van der Waals surface area contributed by atoms with Crippen molar-refractivity contribution in [3.05, 3.63) is 41.6 Å². The Labute approximate surface area is 184 Å². The lowest BCUT2D eigenvalue weighted by atomic mass is 9.88. The number of nitrogens with zero attached hydrogens (tertiary/aromatic N) is 1. The summed E-state index contributed by atoms with van der Waals surface area (Å²) in [6, 6.07) is 5.57. The molecule has 1 atom stereocenters. The van der Waals surface area contributed by atoms with Gasteiger partial charge in [0.1, 0.15) is 11.8 Å². The first-order valence-electron chi connectivity index (χ1n) is 11.7. The standard InChI is InChI=1S/C25H34N4O2/c1-15(2)27-21(12-13-26)24(30)29-23(22(17-6-7-17)18-8-9-18)25(31)28-20-11-10-16-4-3-5-19(16)14-20/h10-15,17-18,22-23H,3-9,26H2,1-2H3,(H,28,31)(H,29,30)/b13-12-,27-21?/t23-/m0/s1. The molecule has 0 unspecified atom stereocenters. The number of benzene rings is 1. The minimum absolute atomic E-state index is 0.0432. The second-order valence-electron chi connectivity index (χ2n) is 9.50. The molecule has 0 saturated heterocycles. The minimum Gasteiger partial charge on any atom is -0.405 e. The van der Waals surface area contributed by atoms with Gasteiger partial charge in [-0.1, -0.05) is 6.07 Å². The zero-order chi connectivity index (χ0) is 22.0. The molecule has 0 radical (unpaired) electrons. The van der Waals surface area contributed by atoms with Crippen molar-refractivity contribution in [1.82, 2.24) is 5.32 Å². The number of rotatable bonds is 9. The van der Waals surface area contributed by atoms with E-state index in [0.717, 1.165) is 44.2 Å². The molecule has 4 rings (SSSR count). The van der Waals surface area contributed by atoms with Gasteiger partial charge in [0.2, 0.25) is 5.91 Å². The molecule has 6 nitrogen and oxygen atoms in total. The number of anilines is 1. The second-order valence-corrected chi connectivity index (χ2v) is 9.50. The fraction of sp³-hybridized carbons (Fsp3) is 0.560. The van der Waals surface area contributed by atoms with Crippen LogP contribution in [0.4, 0.5) is 5.69 Å². The van der Waals surface area contributed by atoms with Gasteiger partial charge in [-0.25, -0.2) is 0 Å². The van der Waals surface area contributed by atoms with Gasteiger partial charge in [-0.05, 0) is 112 Å². The fourth-order valence-corrected chi connectivity index (χ4v) is 4.86. The van der Waals surface area contributed by atoms with Crippen molar-refractivity contribution in [1.29, 1.82) is 0 Å². The van der Waals surface area contributed by atoms with Gasteiger partial charge in [-0.3, -0.25) is 14.6 Å². The van der Waals surface area contributed by atoms with Gasteiger partial charge >= 0.3 is 0 Å². The maximum atomic E-state index is 13.4. The molecule has 3 aliphatic carbocycles. The predicted octanol–water partition coefficient (Wildman–Crippen LogP) is 3.36. The lowest BCUT2D eigenvalue weighted by Crippen LogP contribution is -2.51. The molecule has 0 aromatic heterocycles. The first-order valence-corrected chi connectivity index (χ1v) is 11.7. The largest absolute Gasteiger partial charge is 0.405 e. The molecule has 6 heteroatoms. The molecule has 1 aromatic carbocycles. The molecule has 0 heterocycles. The highest BCUT2D eigenvalue weighted by molar-refractivity contribution is 6.43. The first kappa shape index (κ1) is 21.6. The molecule has 166 valence electrons. The third-order valence-corrected chi connectivity index (χ3v) is 6.54. The molecule has 31 heavy (non-hydrogen) atoms. The number of carbonyl (C=O) groups is 2. The quantitative estimate of drug-likeness (QED) is 0.532. The van der Waals surface area contributed by atoms with Crippen molar-refractivity contribution in [3.8, 4) is 0 Å². The SMILES string of the molecule is CC(C)N=C(/C=C\N)C(=O)N[C@H](C(=O)Nc1ccc2c(c1)CCC2)C(C1CC1)C1CC1. The number of hydrogen-bond acceptors (Lipinski definition) is 4. The molecule has 0 bridgehead atoms. The molecule has 2 saturated carbocycles. The number of carbonyl (C=O) groups excluding carboxylic acids is 2. The van der Waals surface area contributed by atoms with Crippen LogP contribution in [0.25, 0.3) is 0 Å². The predicted molar refractivity (Wildman–Crippen MR) is 124 cm³/mol. The number of aryl methyl sites for hydroxylation is 2. The average molecular weight is 423 g/mol. The van der Waals surface area contributed by atoms with E-state index < -0.39 is 6.04 Å². The van der Waals surface area contributed by atoms with Crippen LogP contribution in [0.5, 0.6) is 0 Å². The Kier molecular flexibility index (Phi) is 6.44. The molecule has 4 N–H and O–H groups in total. The molecule has 2 fully saturated rings. The van der Waals surface area contributed by atoms with Gasteiger partial charge in [0.05, 0.1) is 0 Å². The van der Waals surface area contributed by atoms with E-state index in [4.69, 9.17) is 5.73 Å². The number of aliphatic imine (C=N–C) groups is 1. The van der Waals surface area contributed by atoms with E-state index in [0.29, 0.717) is 11.8 Å². The van der Waals surface area contributed by atoms with Gasteiger partial charge < -0.3 is 16.4 Å². The Morgan fingerprint density at radius 3 is 2.39 bits per heavy atom. The maximum Gasteiger partial charge on any atom is 0.270 e. The maximum absolute atomic E-state index is 13.4. The summed E-state index contributed by atoms with van der Waals surface area (Å²) in [4.78, 5) is 30.9. The van der Waals surface area contributed by atoms with E-state index in [1.807, 2.05) is 19.9 Å². The van der Waals surface area contributed by atoms with Crippen LogP contribution in [0.3, 0.4) is 0 Å². The summed E-state index contributed by atoms with van der Waals surface area (Å²) in [5, 5.41) is 6.13. The minimum atomic E-state index is -0.565. The third kappa shape index (κ3) is 5.35. The van der Waals surface area contributed by atoms with E-state index in [2.05, 4.69) is 27.8 Å². The summed E-state index contributed by atoms with van der Waals surface area (Å²) >= 11 is 0. The van der Waals surface area contributed by atoms with Gasteiger partial charge in [0.25, 0.3) is 5.91 Å². The molecule has 2 amide bonds. The van der Waals surface area contributed by atoms with Crippen LogP contribution >= 0.6 is 0 Å². The van der Waals surface area contributed by atoms with Crippen molar-refractivity contribution < 1.29 is 9.59 Å².